The maximum Gasteiger partial charge on any atom is 0.112 e. The average molecular weight is 363 g/mol. The van der Waals surface area contributed by atoms with Gasteiger partial charge in [-0.2, -0.15) is 0 Å². The highest BCUT2D eigenvalue weighted by Crippen LogP contribution is 2.55. The van der Waals surface area contributed by atoms with Gasteiger partial charge in [0.15, 0.2) is 0 Å². The van der Waals surface area contributed by atoms with Crippen LogP contribution in [0.3, 0.4) is 0 Å². The average Bonchev–Trinajstić information content (AvgIpc) is 2.73. The van der Waals surface area contributed by atoms with E-state index in [4.69, 9.17) is 4.74 Å². The Morgan fingerprint density at radius 3 is 1.38 bits per heavy atom. The third kappa shape index (κ3) is 4.23. The van der Waals surface area contributed by atoms with Gasteiger partial charge in [-0.05, 0) is 55.7 Å². The Hall–Kier alpha value is -1.95. The fourth-order valence-electron chi connectivity index (χ4n) is 3.65. The Morgan fingerprint density at radius 1 is 0.577 bits per heavy atom. The second-order valence-corrected chi connectivity index (χ2v) is 10.2. The first-order chi connectivity index (χ1) is 12.9. The summed E-state index contributed by atoms with van der Waals surface area (Å²) in [6.07, 6.45) is 4.77. The van der Waals surface area contributed by atoms with E-state index in [1.807, 2.05) is 0 Å². The fourth-order valence-corrected chi connectivity index (χ4v) is 8.06. The van der Waals surface area contributed by atoms with Gasteiger partial charge < -0.3 is 4.74 Å². The van der Waals surface area contributed by atoms with Gasteiger partial charge in [0.2, 0.25) is 0 Å². The number of hydrogen-bond donors (Lipinski definition) is 0. The molecule has 0 aliphatic carbocycles. The minimum atomic E-state index is -1.64. The number of rotatable bonds is 9. The molecule has 0 aromatic heterocycles. The number of ether oxygens (including phenoxy) is 1. The lowest BCUT2D eigenvalue weighted by Crippen LogP contribution is -2.33. The minimum Gasteiger partial charge on any atom is -0.385 e. The zero-order chi connectivity index (χ0) is 18.1. The van der Waals surface area contributed by atoms with Crippen LogP contribution < -0.4 is 15.9 Å². The van der Waals surface area contributed by atoms with Gasteiger partial charge in [0, 0.05) is 13.7 Å². The highest BCUT2D eigenvalue weighted by molar-refractivity contribution is 7.95. The molecule has 0 aliphatic heterocycles. The van der Waals surface area contributed by atoms with Crippen LogP contribution in [-0.2, 0) is 4.74 Å². The van der Waals surface area contributed by atoms with Crippen LogP contribution in [0.5, 0.6) is 0 Å². The van der Waals surface area contributed by atoms with Gasteiger partial charge in [-0.1, -0.05) is 54.6 Å². The molecule has 0 atom stereocenters. The number of hydrogen-bond acceptors (Lipinski definition) is 1. The van der Waals surface area contributed by atoms with Crippen molar-refractivity contribution in [2.45, 2.75) is 19.3 Å². The highest BCUT2D eigenvalue weighted by atomic mass is 31.2. The topological polar surface area (TPSA) is 9.23 Å². The normalized spacial score (nSPS) is 11.4. The van der Waals surface area contributed by atoms with Gasteiger partial charge in [-0.15, -0.1) is 0 Å². The van der Waals surface area contributed by atoms with Crippen molar-refractivity contribution in [3.63, 3.8) is 0 Å². The molecule has 0 heterocycles. The van der Waals surface area contributed by atoms with Gasteiger partial charge in [0.1, 0.15) is 23.2 Å². The van der Waals surface area contributed by atoms with Crippen molar-refractivity contribution in [2.75, 3.05) is 19.9 Å². The van der Waals surface area contributed by atoms with Crippen LogP contribution >= 0.6 is 7.26 Å². The van der Waals surface area contributed by atoms with E-state index in [9.17, 15) is 0 Å². The van der Waals surface area contributed by atoms with Crippen LogP contribution in [0, 0.1) is 0 Å². The van der Waals surface area contributed by atoms with E-state index in [0.717, 1.165) is 13.0 Å². The molecule has 134 valence electrons. The first-order valence-corrected chi connectivity index (χ1v) is 11.4. The smallest absolute Gasteiger partial charge is 0.112 e. The number of unbranched alkanes of at least 4 members (excludes halogenated alkanes) is 2. The molecule has 0 N–H and O–H groups in total. The molecule has 0 saturated carbocycles. The van der Waals surface area contributed by atoms with Crippen molar-refractivity contribution in [3.8, 4) is 0 Å². The van der Waals surface area contributed by atoms with E-state index in [0.29, 0.717) is 0 Å². The lowest BCUT2D eigenvalue weighted by molar-refractivity contribution is 0.192. The fraction of sp³-hybridized carbons (Fsp3) is 0.250. The largest absolute Gasteiger partial charge is 0.385 e. The number of methoxy groups -OCH3 is 1. The van der Waals surface area contributed by atoms with E-state index >= 15 is 0 Å². The van der Waals surface area contributed by atoms with Crippen molar-refractivity contribution in [1.29, 1.82) is 0 Å². The Balaban J connectivity index is 2.06. The predicted octanol–water partition coefficient (Wildman–Crippen LogP) is 4.80. The molecule has 0 spiro atoms. The zero-order valence-electron chi connectivity index (χ0n) is 15.6. The minimum absolute atomic E-state index is 0.855. The summed E-state index contributed by atoms with van der Waals surface area (Å²) in [7, 11) is 0.144. The van der Waals surface area contributed by atoms with Crippen LogP contribution in [0.2, 0.25) is 0 Å². The van der Waals surface area contributed by atoms with Crippen molar-refractivity contribution in [2.24, 2.45) is 0 Å². The highest BCUT2D eigenvalue weighted by Gasteiger charge is 2.44. The van der Waals surface area contributed by atoms with Crippen LogP contribution in [0.4, 0.5) is 0 Å². The van der Waals surface area contributed by atoms with E-state index in [-0.39, 0.29) is 0 Å². The van der Waals surface area contributed by atoms with Gasteiger partial charge in [-0.3, -0.25) is 0 Å². The van der Waals surface area contributed by atoms with E-state index in [1.165, 1.54) is 34.9 Å². The summed E-state index contributed by atoms with van der Waals surface area (Å²) in [5.41, 5.74) is 0. The molecule has 0 aliphatic rings. The maximum absolute atomic E-state index is 5.24. The summed E-state index contributed by atoms with van der Waals surface area (Å²) < 4.78 is 5.24. The van der Waals surface area contributed by atoms with Gasteiger partial charge in [-0.25, -0.2) is 0 Å². The Kier molecular flexibility index (Phi) is 7.00. The monoisotopic (exact) mass is 363 g/mol. The molecule has 26 heavy (non-hydrogen) atoms. The van der Waals surface area contributed by atoms with Crippen molar-refractivity contribution in [3.05, 3.63) is 91.0 Å². The first-order valence-electron chi connectivity index (χ1n) is 9.42. The summed E-state index contributed by atoms with van der Waals surface area (Å²) in [5, 5.41) is 4.43. The van der Waals surface area contributed by atoms with Gasteiger partial charge in [0.05, 0.1) is 6.16 Å². The van der Waals surface area contributed by atoms with Crippen LogP contribution in [0.25, 0.3) is 0 Å². The van der Waals surface area contributed by atoms with Crippen LogP contribution in [-0.4, -0.2) is 19.9 Å². The maximum atomic E-state index is 5.24. The third-order valence-electron chi connectivity index (χ3n) is 4.93. The van der Waals surface area contributed by atoms with Crippen molar-refractivity contribution in [1.82, 2.24) is 0 Å². The lowest BCUT2D eigenvalue weighted by atomic mass is 10.3. The molecule has 2 heteroatoms. The molecule has 3 rings (SSSR count). The molecular formula is C24H28OP+. The molecule has 1 nitrogen and oxygen atoms in total. The van der Waals surface area contributed by atoms with E-state index in [1.54, 1.807) is 7.11 Å². The van der Waals surface area contributed by atoms with Crippen molar-refractivity contribution < 1.29 is 4.74 Å². The molecule has 3 aromatic carbocycles. The summed E-state index contributed by atoms with van der Waals surface area (Å²) in [5.74, 6) is 0. The summed E-state index contributed by atoms with van der Waals surface area (Å²) in [6, 6.07) is 33.4. The Morgan fingerprint density at radius 2 is 1.00 bits per heavy atom. The molecule has 0 amide bonds. The van der Waals surface area contributed by atoms with Gasteiger partial charge >= 0.3 is 0 Å². The Labute approximate surface area is 158 Å². The molecule has 0 bridgehead atoms. The second kappa shape index (κ2) is 9.67. The summed E-state index contributed by atoms with van der Waals surface area (Å²) in [6.45, 7) is 0.855. The lowest BCUT2D eigenvalue weighted by Gasteiger charge is -2.27. The quantitative estimate of drug-likeness (QED) is 0.392. The van der Waals surface area contributed by atoms with Crippen LogP contribution in [0.1, 0.15) is 19.3 Å². The molecule has 0 unspecified atom stereocenters. The Bertz CT molecular complexity index is 659. The second-order valence-electron chi connectivity index (χ2n) is 6.59. The molecule has 0 saturated heterocycles. The molecular weight excluding hydrogens is 335 g/mol. The SMILES string of the molecule is COCCCCC[P+](c1ccccc1)(c1ccccc1)c1ccccc1. The summed E-state index contributed by atoms with van der Waals surface area (Å²) >= 11 is 0. The van der Waals surface area contributed by atoms with Crippen LogP contribution in [0.15, 0.2) is 91.0 Å². The molecule has 3 aromatic rings. The number of benzene rings is 3. The van der Waals surface area contributed by atoms with E-state index in [2.05, 4.69) is 91.0 Å². The first kappa shape index (κ1) is 18.8. The summed E-state index contributed by atoms with van der Waals surface area (Å²) in [4.78, 5) is 0. The van der Waals surface area contributed by atoms with Crippen molar-refractivity contribution >= 4 is 23.2 Å². The zero-order valence-corrected chi connectivity index (χ0v) is 16.4. The van der Waals surface area contributed by atoms with E-state index < -0.39 is 7.26 Å². The van der Waals surface area contributed by atoms with Gasteiger partial charge in [0.25, 0.3) is 0 Å². The predicted molar refractivity (Wildman–Crippen MR) is 116 cm³/mol. The molecule has 0 radical (unpaired) electrons. The molecule has 0 fully saturated rings. The standard InChI is InChI=1S/C24H28OP/c1-25-20-12-5-13-21-26(22-14-6-2-7-15-22,23-16-8-3-9-17-23)24-18-10-4-11-19-24/h2-4,6-11,14-19H,5,12-13,20-21H2,1H3/q+1. The third-order valence-corrected chi connectivity index (χ3v) is 9.46.